The van der Waals surface area contributed by atoms with E-state index in [1.807, 2.05) is 13.0 Å². The summed E-state index contributed by atoms with van der Waals surface area (Å²) >= 11 is 0. The summed E-state index contributed by atoms with van der Waals surface area (Å²) in [7, 11) is -3.59. The maximum atomic E-state index is 12.6. The molecular weight excluding hydrogens is 380 g/mol. The number of nitriles is 1. The van der Waals surface area contributed by atoms with Crippen LogP contribution < -0.4 is 14.2 Å². The fourth-order valence-corrected chi connectivity index (χ4v) is 4.42. The maximum absolute atomic E-state index is 12.6. The highest BCUT2D eigenvalue weighted by Crippen LogP contribution is 2.25. The lowest BCUT2D eigenvalue weighted by atomic mass is 9.94. The van der Waals surface area contributed by atoms with Crippen molar-refractivity contribution in [2.45, 2.75) is 49.6 Å². The molecule has 8 nitrogen and oxygen atoms in total. The molecule has 1 aliphatic rings. The first-order chi connectivity index (χ1) is 13.5. The first-order valence-electron chi connectivity index (χ1n) is 9.14. The number of nitrogens with zero attached hydrogens (tertiary/aromatic N) is 3. The average molecular weight is 402 g/mol. The fraction of sp³-hybridized carbons (Fsp3) is 0.421. The number of ether oxygens (including phenoxy) is 2. The van der Waals surface area contributed by atoms with Crippen LogP contribution in [-0.2, 0) is 10.0 Å². The lowest BCUT2D eigenvalue weighted by molar-refractivity contribution is 0.137. The molecule has 1 aromatic heterocycles. The summed E-state index contributed by atoms with van der Waals surface area (Å²) in [4.78, 5) is 8.20. The van der Waals surface area contributed by atoms with Gasteiger partial charge >= 0.3 is 0 Å². The molecule has 0 radical (unpaired) electrons. The summed E-state index contributed by atoms with van der Waals surface area (Å²) in [6.45, 7) is 2.40. The van der Waals surface area contributed by atoms with E-state index >= 15 is 0 Å². The van der Waals surface area contributed by atoms with Gasteiger partial charge in [0.15, 0.2) is 0 Å². The van der Waals surface area contributed by atoms with Crippen LogP contribution >= 0.6 is 0 Å². The zero-order chi connectivity index (χ0) is 20.0. The summed E-state index contributed by atoms with van der Waals surface area (Å²) in [6.07, 6.45) is 5.42. The van der Waals surface area contributed by atoms with Crippen molar-refractivity contribution in [2.24, 2.45) is 0 Å². The summed E-state index contributed by atoms with van der Waals surface area (Å²) in [5.74, 6) is 0.864. The van der Waals surface area contributed by atoms with Gasteiger partial charge in [-0.05, 0) is 56.9 Å². The Hall–Kier alpha value is -2.70. The number of benzene rings is 1. The van der Waals surface area contributed by atoms with Crippen LogP contribution in [0.3, 0.4) is 0 Å². The van der Waals surface area contributed by atoms with Gasteiger partial charge in [0.1, 0.15) is 17.9 Å². The first-order valence-corrected chi connectivity index (χ1v) is 10.6. The molecule has 1 aliphatic carbocycles. The highest BCUT2D eigenvalue weighted by molar-refractivity contribution is 7.89. The number of nitrogens with one attached hydrogen (secondary N) is 1. The topological polar surface area (TPSA) is 114 Å². The van der Waals surface area contributed by atoms with Crippen LogP contribution in [0.2, 0.25) is 0 Å². The van der Waals surface area contributed by atoms with Crippen LogP contribution in [0.4, 0.5) is 0 Å². The smallest absolute Gasteiger partial charge is 0.251 e. The van der Waals surface area contributed by atoms with Gasteiger partial charge in [-0.25, -0.2) is 23.1 Å². The van der Waals surface area contributed by atoms with E-state index in [1.165, 1.54) is 12.4 Å². The highest BCUT2D eigenvalue weighted by atomic mass is 32.2. The van der Waals surface area contributed by atoms with Crippen molar-refractivity contribution in [3.05, 3.63) is 42.4 Å². The summed E-state index contributed by atoms with van der Waals surface area (Å²) in [6, 6.07) is 8.18. The Morgan fingerprint density at radius 1 is 1.14 bits per heavy atom. The molecule has 1 aromatic carbocycles. The molecule has 2 aromatic rings. The Morgan fingerprint density at radius 3 is 2.46 bits per heavy atom. The molecule has 0 bridgehead atoms. The second kappa shape index (κ2) is 8.99. The fourth-order valence-electron chi connectivity index (χ4n) is 3.11. The molecule has 9 heteroatoms. The van der Waals surface area contributed by atoms with Crippen molar-refractivity contribution >= 4 is 10.0 Å². The Bertz CT molecular complexity index is 933. The van der Waals surface area contributed by atoms with Crippen molar-refractivity contribution in [1.82, 2.24) is 14.7 Å². The SMILES string of the molecule is CCOc1ccc(S(=O)(=O)NC2CCC(Oc3nccnc3C#N)CC2)cc1. The monoisotopic (exact) mass is 402 g/mol. The van der Waals surface area contributed by atoms with Crippen LogP contribution in [0.5, 0.6) is 11.6 Å². The molecule has 0 aliphatic heterocycles. The molecule has 3 rings (SSSR count). The minimum absolute atomic E-state index is 0.116. The zero-order valence-corrected chi connectivity index (χ0v) is 16.4. The Morgan fingerprint density at radius 2 is 1.82 bits per heavy atom. The largest absolute Gasteiger partial charge is 0.494 e. The molecular formula is C19H22N4O4S. The predicted octanol–water partition coefficient (Wildman–Crippen LogP) is 2.42. The van der Waals surface area contributed by atoms with Gasteiger partial charge in [0.25, 0.3) is 5.88 Å². The van der Waals surface area contributed by atoms with Gasteiger partial charge in [0, 0.05) is 18.4 Å². The molecule has 1 N–H and O–H groups in total. The van der Waals surface area contributed by atoms with E-state index in [1.54, 1.807) is 24.3 Å². The number of hydrogen-bond donors (Lipinski definition) is 1. The molecule has 0 saturated heterocycles. The molecule has 148 valence electrons. The third-order valence-electron chi connectivity index (χ3n) is 4.49. The van der Waals surface area contributed by atoms with Gasteiger partial charge in [-0.1, -0.05) is 0 Å². The van der Waals surface area contributed by atoms with E-state index in [9.17, 15) is 8.42 Å². The van der Waals surface area contributed by atoms with Gasteiger partial charge in [-0.2, -0.15) is 5.26 Å². The minimum atomic E-state index is -3.59. The predicted molar refractivity (Wildman–Crippen MR) is 101 cm³/mol. The molecule has 0 amide bonds. The number of hydrogen-bond acceptors (Lipinski definition) is 7. The first kappa shape index (κ1) is 20.0. The van der Waals surface area contributed by atoms with E-state index in [2.05, 4.69) is 14.7 Å². The van der Waals surface area contributed by atoms with Gasteiger partial charge in [0.05, 0.1) is 11.5 Å². The zero-order valence-electron chi connectivity index (χ0n) is 15.5. The Kier molecular flexibility index (Phi) is 6.44. The second-order valence-electron chi connectivity index (χ2n) is 6.44. The molecule has 1 fully saturated rings. The van der Waals surface area contributed by atoms with Crippen LogP contribution in [0.1, 0.15) is 38.3 Å². The van der Waals surface area contributed by atoms with Crippen LogP contribution in [0.15, 0.2) is 41.6 Å². The van der Waals surface area contributed by atoms with E-state index in [0.29, 0.717) is 38.0 Å². The van der Waals surface area contributed by atoms with E-state index in [0.717, 1.165) is 0 Å². The van der Waals surface area contributed by atoms with Gasteiger partial charge in [-0.3, -0.25) is 0 Å². The minimum Gasteiger partial charge on any atom is -0.494 e. The quantitative estimate of drug-likeness (QED) is 0.756. The number of rotatable bonds is 7. The summed E-state index contributed by atoms with van der Waals surface area (Å²) in [5.41, 5.74) is 0.154. The average Bonchev–Trinajstić information content (AvgIpc) is 2.70. The van der Waals surface area contributed by atoms with Crippen LogP contribution in [0, 0.1) is 11.3 Å². The van der Waals surface area contributed by atoms with E-state index in [4.69, 9.17) is 14.7 Å². The van der Waals surface area contributed by atoms with Crippen molar-refractivity contribution < 1.29 is 17.9 Å². The lowest BCUT2D eigenvalue weighted by Gasteiger charge is -2.29. The molecule has 0 atom stereocenters. The highest BCUT2D eigenvalue weighted by Gasteiger charge is 2.27. The maximum Gasteiger partial charge on any atom is 0.251 e. The van der Waals surface area contributed by atoms with Crippen molar-refractivity contribution in [2.75, 3.05) is 6.61 Å². The van der Waals surface area contributed by atoms with Crippen molar-refractivity contribution in [1.29, 1.82) is 5.26 Å². The van der Waals surface area contributed by atoms with Crippen LogP contribution in [-0.4, -0.2) is 37.1 Å². The van der Waals surface area contributed by atoms with E-state index < -0.39 is 10.0 Å². The summed E-state index contributed by atoms with van der Waals surface area (Å²) < 4.78 is 39.1. The third-order valence-corrected chi connectivity index (χ3v) is 6.03. The Labute approximate surface area is 164 Å². The van der Waals surface area contributed by atoms with Gasteiger partial charge < -0.3 is 9.47 Å². The van der Waals surface area contributed by atoms with E-state index in [-0.39, 0.29) is 28.6 Å². The number of sulfonamides is 1. The standard InChI is InChI=1S/C19H22N4O4S/c1-2-26-15-7-9-17(10-8-15)28(24,25)23-14-3-5-16(6-4-14)27-19-18(13-20)21-11-12-22-19/h7-12,14,16,23H,2-6H2,1H3. The van der Waals surface area contributed by atoms with Crippen molar-refractivity contribution in [3.8, 4) is 17.7 Å². The normalized spacial score (nSPS) is 19.6. The summed E-state index contributed by atoms with van der Waals surface area (Å²) in [5, 5.41) is 9.06. The second-order valence-corrected chi connectivity index (χ2v) is 8.15. The third kappa shape index (κ3) is 4.97. The van der Waals surface area contributed by atoms with Crippen LogP contribution in [0.25, 0.3) is 0 Å². The van der Waals surface area contributed by atoms with Gasteiger partial charge in [-0.15, -0.1) is 0 Å². The van der Waals surface area contributed by atoms with Gasteiger partial charge in [0.2, 0.25) is 15.7 Å². The Balaban J connectivity index is 1.55. The van der Waals surface area contributed by atoms with Crippen molar-refractivity contribution in [3.63, 3.8) is 0 Å². The molecule has 0 unspecified atom stereocenters. The molecule has 1 heterocycles. The number of aromatic nitrogens is 2. The molecule has 0 spiro atoms. The molecule has 1 saturated carbocycles. The lowest BCUT2D eigenvalue weighted by Crippen LogP contribution is -2.39. The molecule has 28 heavy (non-hydrogen) atoms.